The first-order chi connectivity index (χ1) is 14.0. The molecule has 0 aliphatic rings. The summed E-state index contributed by atoms with van der Waals surface area (Å²) >= 11 is 0. The second-order valence-electron chi connectivity index (χ2n) is 6.85. The van der Waals surface area contributed by atoms with Crippen molar-refractivity contribution in [3.05, 3.63) is 47.3 Å². The molecule has 30 heavy (non-hydrogen) atoms. The Hall–Kier alpha value is -2.30. The number of aromatic nitrogens is 2. The van der Waals surface area contributed by atoms with Crippen molar-refractivity contribution in [1.82, 2.24) is 25.7 Å². The van der Waals surface area contributed by atoms with Crippen LogP contribution in [0.1, 0.15) is 41.5 Å². The van der Waals surface area contributed by atoms with Gasteiger partial charge in [-0.05, 0) is 57.9 Å². The molecule has 0 fully saturated rings. The van der Waals surface area contributed by atoms with Crippen molar-refractivity contribution in [3.8, 4) is 5.75 Å². The van der Waals surface area contributed by atoms with E-state index in [0.717, 1.165) is 37.6 Å². The molecule has 0 bridgehead atoms. The second-order valence-corrected chi connectivity index (χ2v) is 6.85. The van der Waals surface area contributed by atoms with Crippen LogP contribution in [0.25, 0.3) is 0 Å². The minimum Gasteiger partial charge on any atom is -0.508 e. The Labute approximate surface area is 195 Å². The number of phenols is 1. The maximum atomic E-state index is 12.0. The van der Waals surface area contributed by atoms with Crippen molar-refractivity contribution >= 4 is 35.8 Å². The minimum atomic E-state index is -0.189. The summed E-state index contributed by atoms with van der Waals surface area (Å²) in [5.74, 6) is 0.675. The van der Waals surface area contributed by atoms with Crippen molar-refractivity contribution in [2.24, 2.45) is 4.99 Å². The lowest BCUT2D eigenvalue weighted by atomic mass is 10.2. The van der Waals surface area contributed by atoms with Crippen LogP contribution >= 0.6 is 24.0 Å². The Morgan fingerprint density at radius 3 is 2.57 bits per heavy atom. The molecule has 1 amide bonds. The van der Waals surface area contributed by atoms with Gasteiger partial charge in [-0.2, -0.15) is 5.10 Å². The van der Waals surface area contributed by atoms with E-state index in [1.54, 1.807) is 18.2 Å². The van der Waals surface area contributed by atoms with Gasteiger partial charge < -0.3 is 21.1 Å². The fraction of sp³-hybridized carbons (Fsp3) is 0.476. The molecule has 4 N–H and O–H groups in total. The number of carbonyl (C=O) groups is 1. The number of benzene rings is 1. The average Bonchev–Trinajstić information content (AvgIpc) is 3.01. The zero-order valence-electron chi connectivity index (χ0n) is 17.9. The van der Waals surface area contributed by atoms with Crippen LogP contribution in [0.2, 0.25) is 0 Å². The monoisotopic (exact) mass is 528 g/mol. The quantitative estimate of drug-likeness (QED) is 0.164. The summed E-state index contributed by atoms with van der Waals surface area (Å²) in [6.45, 7) is 9.68. The predicted molar refractivity (Wildman–Crippen MR) is 131 cm³/mol. The van der Waals surface area contributed by atoms with Crippen LogP contribution in [-0.4, -0.2) is 52.9 Å². The number of hydrogen-bond acceptors (Lipinski definition) is 4. The van der Waals surface area contributed by atoms with Crippen molar-refractivity contribution in [2.45, 2.75) is 40.2 Å². The normalized spacial score (nSPS) is 11.0. The standard InChI is InChI=1S/C21H32N6O2.HI/c1-4-22-21(25-12-7-13-27-17(3)14-16(2)26-27)24-11-6-10-23-20(29)18-8-5-9-19(28)15-18;/h5,8-9,14-15,28H,4,6-7,10-13H2,1-3H3,(H,23,29)(H2,22,24,25);1H. The predicted octanol–water partition coefficient (Wildman–Crippen LogP) is 2.59. The van der Waals surface area contributed by atoms with Gasteiger partial charge in [0.15, 0.2) is 5.96 Å². The van der Waals surface area contributed by atoms with Crippen LogP contribution in [-0.2, 0) is 6.54 Å². The van der Waals surface area contributed by atoms with Gasteiger partial charge in [0.25, 0.3) is 5.91 Å². The molecule has 2 rings (SSSR count). The number of aliphatic imine (C=N–C) groups is 1. The summed E-state index contributed by atoms with van der Waals surface area (Å²) in [6.07, 6.45) is 1.68. The van der Waals surface area contributed by atoms with E-state index in [0.29, 0.717) is 25.2 Å². The molecular formula is C21H33IN6O2. The van der Waals surface area contributed by atoms with Gasteiger partial charge in [-0.1, -0.05) is 6.07 Å². The summed E-state index contributed by atoms with van der Waals surface area (Å²) in [7, 11) is 0. The summed E-state index contributed by atoms with van der Waals surface area (Å²) in [5.41, 5.74) is 2.66. The molecule has 1 aromatic carbocycles. The topological polar surface area (TPSA) is 104 Å². The molecule has 0 unspecified atom stereocenters. The summed E-state index contributed by atoms with van der Waals surface area (Å²) in [4.78, 5) is 16.6. The minimum absolute atomic E-state index is 0. The van der Waals surface area contributed by atoms with E-state index in [2.05, 4.69) is 39.0 Å². The van der Waals surface area contributed by atoms with Crippen molar-refractivity contribution in [1.29, 1.82) is 0 Å². The number of carbonyl (C=O) groups excluding carboxylic acids is 1. The van der Waals surface area contributed by atoms with Gasteiger partial charge in [-0.3, -0.25) is 14.5 Å². The van der Waals surface area contributed by atoms with Gasteiger partial charge in [-0.25, -0.2) is 0 Å². The van der Waals surface area contributed by atoms with Crippen molar-refractivity contribution in [3.63, 3.8) is 0 Å². The highest BCUT2D eigenvalue weighted by Crippen LogP contribution is 2.10. The zero-order valence-corrected chi connectivity index (χ0v) is 20.3. The second kappa shape index (κ2) is 13.8. The maximum absolute atomic E-state index is 12.0. The van der Waals surface area contributed by atoms with Crippen molar-refractivity contribution in [2.75, 3.05) is 26.2 Å². The molecule has 9 heteroatoms. The molecule has 166 valence electrons. The molecule has 1 aromatic heterocycles. The lowest BCUT2D eigenvalue weighted by Gasteiger charge is -2.12. The van der Waals surface area contributed by atoms with Gasteiger partial charge in [0.05, 0.1) is 5.69 Å². The lowest BCUT2D eigenvalue weighted by Crippen LogP contribution is -2.39. The Balaban J connectivity index is 0.00000450. The zero-order chi connectivity index (χ0) is 21.1. The number of rotatable bonds is 10. The SMILES string of the molecule is CCNC(=NCCCn1nc(C)cc1C)NCCCNC(=O)c1cccc(O)c1.I. The third-order valence-electron chi connectivity index (χ3n) is 4.29. The van der Waals surface area contributed by atoms with E-state index in [1.165, 1.54) is 11.8 Å². The molecule has 0 saturated carbocycles. The number of phenolic OH excluding ortho intramolecular Hbond substituents is 1. The Bertz CT molecular complexity index is 822. The highest BCUT2D eigenvalue weighted by molar-refractivity contribution is 14.0. The Morgan fingerprint density at radius 2 is 1.90 bits per heavy atom. The number of nitrogens with one attached hydrogen (secondary N) is 3. The fourth-order valence-electron chi connectivity index (χ4n) is 2.90. The first-order valence-electron chi connectivity index (χ1n) is 10.1. The van der Waals surface area contributed by atoms with Crippen LogP contribution in [0.15, 0.2) is 35.3 Å². The van der Waals surface area contributed by atoms with Crippen LogP contribution in [0.4, 0.5) is 0 Å². The van der Waals surface area contributed by atoms with Crippen LogP contribution in [0, 0.1) is 13.8 Å². The molecule has 0 radical (unpaired) electrons. The Kier molecular flexibility index (Phi) is 11.9. The molecule has 1 heterocycles. The third-order valence-corrected chi connectivity index (χ3v) is 4.29. The maximum Gasteiger partial charge on any atom is 0.251 e. The first-order valence-corrected chi connectivity index (χ1v) is 10.1. The number of aromatic hydroxyl groups is 1. The highest BCUT2D eigenvalue weighted by atomic mass is 127. The average molecular weight is 528 g/mol. The number of nitrogens with zero attached hydrogens (tertiary/aromatic N) is 3. The number of halogens is 1. The van der Waals surface area contributed by atoms with E-state index in [1.807, 2.05) is 18.5 Å². The smallest absolute Gasteiger partial charge is 0.251 e. The van der Waals surface area contributed by atoms with E-state index < -0.39 is 0 Å². The van der Waals surface area contributed by atoms with Crippen LogP contribution in [0.3, 0.4) is 0 Å². The van der Waals surface area contributed by atoms with E-state index >= 15 is 0 Å². The molecule has 2 aromatic rings. The van der Waals surface area contributed by atoms with Crippen LogP contribution in [0.5, 0.6) is 5.75 Å². The Morgan fingerprint density at radius 1 is 1.13 bits per heavy atom. The third kappa shape index (κ3) is 9.02. The number of aryl methyl sites for hydroxylation is 3. The molecule has 0 atom stereocenters. The van der Waals surface area contributed by atoms with Crippen molar-refractivity contribution < 1.29 is 9.90 Å². The van der Waals surface area contributed by atoms with Gasteiger partial charge in [0, 0.05) is 44.0 Å². The summed E-state index contributed by atoms with van der Waals surface area (Å²) in [5, 5.41) is 23.3. The molecule has 0 saturated heterocycles. The molecular weight excluding hydrogens is 495 g/mol. The molecule has 0 aliphatic heterocycles. The van der Waals surface area contributed by atoms with Crippen LogP contribution < -0.4 is 16.0 Å². The largest absolute Gasteiger partial charge is 0.508 e. The lowest BCUT2D eigenvalue weighted by molar-refractivity contribution is 0.0953. The molecule has 8 nitrogen and oxygen atoms in total. The molecule has 0 spiro atoms. The highest BCUT2D eigenvalue weighted by Gasteiger charge is 2.05. The fourth-order valence-corrected chi connectivity index (χ4v) is 2.90. The number of hydrogen-bond donors (Lipinski definition) is 4. The number of amides is 1. The van der Waals surface area contributed by atoms with Gasteiger partial charge in [-0.15, -0.1) is 24.0 Å². The van der Waals surface area contributed by atoms with Gasteiger partial charge >= 0.3 is 0 Å². The van der Waals surface area contributed by atoms with Gasteiger partial charge in [0.2, 0.25) is 0 Å². The number of guanidine groups is 1. The van der Waals surface area contributed by atoms with Gasteiger partial charge in [0.1, 0.15) is 5.75 Å². The van der Waals surface area contributed by atoms with E-state index in [9.17, 15) is 9.90 Å². The summed E-state index contributed by atoms with van der Waals surface area (Å²) < 4.78 is 2.01. The first kappa shape index (κ1) is 25.7. The molecule has 0 aliphatic carbocycles. The van der Waals surface area contributed by atoms with E-state index in [4.69, 9.17) is 0 Å². The van der Waals surface area contributed by atoms with E-state index in [-0.39, 0.29) is 35.6 Å². The summed E-state index contributed by atoms with van der Waals surface area (Å²) in [6, 6.07) is 8.40.